The minimum absolute atomic E-state index is 0.253. The highest BCUT2D eigenvalue weighted by Crippen LogP contribution is 2.28. The van der Waals surface area contributed by atoms with Crippen molar-refractivity contribution in [1.82, 2.24) is 4.90 Å². The third kappa shape index (κ3) is 3.61. The lowest BCUT2D eigenvalue weighted by Gasteiger charge is -2.40. The van der Waals surface area contributed by atoms with Crippen LogP contribution < -0.4 is 0 Å². The number of carboxylic acid groups (broad SMARTS) is 1. The molecule has 1 aliphatic rings. The molecule has 0 heterocycles. The third-order valence-electron chi connectivity index (χ3n) is 4.12. The van der Waals surface area contributed by atoms with Crippen molar-refractivity contribution < 1.29 is 19.4 Å². The van der Waals surface area contributed by atoms with Crippen LogP contribution in [-0.2, 0) is 16.1 Å². The summed E-state index contributed by atoms with van der Waals surface area (Å²) in [5.41, 5.74) is 1.17. The summed E-state index contributed by atoms with van der Waals surface area (Å²) in [6.07, 6.45) is 3.31. The Balaban J connectivity index is 2.16. The second-order valence-electron chi connectivity index (χ2n) is 5.46. The van der Waals surface area contributed by atoms with Crippen LogP contribution in [0.4, 0.5) is 0 Å². The third-order valence-corrected chi connectivity index (χ3v) is 4.12. The van der Waals surface area contributed by atoms with Gasteiger partial charge in [-0.15, -0.1) is 0 Å². The van der Waals surface area contributed by atoms with E-state index in [0.717, 1.165) is 18.4 Å². The first-order valence-corrected chi connectivity index (χ1v) is 7.18. The fourth-order valence-corrected chi connectivity index (χ4v) is 2.62. The lowest BCUT2D eigenvalue weighted by atomic mass is 9.90. The maximum absolute atomic E-state index is 11.8. The molecular weight excluding hydrogens is 270 g/mol. The van der Waals surface area contributed by atoms with Crippen LogP contribution in [0, 0.1) is 0 Å². The molecule has 1 aromatic rings. The number of aromatic carboxylic acids is 1. The van der Waals surface area contributed by atoms with Gasteiger partial charge in [0.05, 0.1) is 12.7 Å². The maximum atomic E-state index is 11.8. The lowest BCUT2D eigenvalue weighted by Crippen LogP contribution is -2.48. The van der Waals surface area contributed by atoms with Crippen molar-refractivity contribution in [2.24, 2.45) is 0 Å². The van der Waals surface area contributed by atoms with E-state index in [1.165, 1.54) is 13.5 Å². The van der Waals surface area contributed by atoms with Gasteiger partial charge in [-0.25, -0.2) is 4.79 Å². The molecule has 21 heavy (non-hydrogen) atoms. The topological polar surface area (TPSA) is 66.8 Å². The largest absolute Gasteiger partial charge is 0.478 e. The zero-order chi connectivity index (χ0) is 15.4. The minimum atomic E-state index is -0.937. The Morgan fingerprint density at radius 2 is 2.14 bits per heavy atom. The van der Waals surface area contributed by atoms with Crippen molar-refractivity contribution in [3.05, 3.63) is 35.4 Å². The molecule has 114 valence electrons. The zero-order valence-corrected chi connectivity index (χ0v) is 12.4. The molecule has 1 aliphatic carbocycles. The summed E-state index contributed by atoms with van der Waals surface area (Å²) in [4.78, 5) is 25.0. The molecule has 0 amide bonds. The molecule has 0 radical (unpaired) electrons. The summed E-state index contributed by atoms with van der Waals surface area (Å²) in [5.74, 6) is -1.19. The Labute approximate surface area is 124 Å². The van der Waals surface area contributed by atoms with Crippen LogP contribution in [-0.4, -0.2) is 41.1 Å². The molecule has 0 saturated heterocycles. The number of benzene rings is 1. The quantitative estimate of drug-likeness (QED) is 0.815. The van der Waals surface area contributed by atoms with Crippen LogP contribution in [0.1, 0.15) is 42.1 Å². The highest BCUT2D eigenvalue weighted by atomic mass is 16.5. The van der Waals surface area contributed by atoms with Crippen molar-refractivity contribution >= 4 is 11.9 Å². The highest BCUT2D eigenvalue weighted by Gasteiger charge is 2.32. The Bertz CT molecular complexity index is 525. The predicted molar refractivity (Wildman–Crippen MR) is 78.1 cm³/mol. The molecule has 0 spiro atoms. The number of carbonyl (C=O) groups is 2. The van der Waals surface area contributed by atoms with Crippen LogP contribution in [0.5, 0.6) is 0 Å². The number of nitrogens with zero attached hydrogens (tertiary/aromatic N) is 1. The fourth-order valence-electron chi connectivity index (χ4n) is 2.62. The van der Waals surface area contributed by atoms with Crippen LogP contribution >= 0.6 is 0 Å². The molecule has 1 unspecified atom stereocenters. The van der Waals surface area contributed by atoms with Crippen molar-refractivity contribution in [2.45, 2.75) is 44.8 Å². The van der Waals surface area contributed by atoms with Gasteiger partial charge in [0.2, 0.25) is 0 Å². The van der Waals surface area contributed by atoms with E-state index in [1.807, 2.05) is 13.0 Å². The smallest absolute Gasteiger partial charge is 0.335 e. The van der Waals surface area contributed by atoms with E-state index in [-0.39, 0.29) is 17.6 Å². The summed E-state index contributed by atoms with van der Waals surface area (Å²) < 4.78 is 4.84. The van der Waals surface area contributed by atoms with E-state index in [2.05, 4.69) is 4.90 Å². The molecule has 1 aromatic carbocycles. The maximum Gasteiger partial charge on any atom is 0.335 e. The molecule has 0 aromatic heterocycles. The molecule has 0 aliphatic heterocycles. The van der Waals surface area contributed by atoms with E-state index < -0.39 is 5.97 Å². The number of carboxylic acids is 1. The highest BCUT2D eigenvalue weighted by molar-refractivity contribution is 5.87. The summed E-state index contributed by atoms with van der Waals surface area (Å²) in [6.45, 7) is 2.40. The van der Waals surface area contributed by atoms with Gasteiger partial charge in [0.25, 0.3) is 0 Å². The van der Waals surface area contributed by atoms with Crippen LogP contribution in [0.2, 0.25) is 0 Å². The lowest BCUT2D eigenvalue weighted by molar-refractivity contribution is -0.148. The van der Waals surface area contributed by atoms with Gasteiger partial charge >= 0.3 is 11.9 Å². The van der Waals surface area contributed by atoms with Crippen molar-refractivity contribution in [3.8, 4) is 0 Å². The first-order valence-electron chi connectivity index (χ1n) is 7.18. The summed E-state index contributed by atoms with van der Waals surface area (Å²) >= 11 is 0. The van der Waals surface area contributed by atoms with Crippen molar-refractivity contribution in [3.63, 3.8) is 0 Å². The average molecular weight is 291 g/mol. The number of carbonyl (C=O) groups excluding carboxylic acids is 1. The fraction of sp³-hybridized carbons (Fsp3) is 0.500. The molecule has 5 nitrogen and oxygen atoms in total. The number of rotatable bonds is 6. The number of hydrogen-bond acceptors (Lipinski definition) is 4. The van der Waals surface area contributed by atoms with Crippen molar-refractivity contribution in [1.29, 1.82) is 0 Å². The average Bonchev–Trinajstić information content (AvgIpc) is 2.43. The minimum Gasteiger partial charge on any atom is -0.478 e. The normalized spacial score (nSPS) is 16.3. The van der Waals surface area contributed by atoms with Gasteiger partial charge in [-0.3, -0.25) is 9.69 Å². The zero-order valence-electron chi connectivity index (χ0n) is 12.4. The SMILES string of the molecule is COC(=O)C(C)N(Cc1cccc(C(=O)O)c1)C1CCC1. The second kappa shape index (κ2) is 6.72. The first kappa shape index (κ1) is 15.5. The van der Waals surface area contributed by atoms with E-state index in [9.17, 15) is 9.59 Å². The number of esters is 1. The van der Waals surface area contributed by atoms with E-state index in [4.69, 9.17) is 9.84 Å². The van der Waals surface area contributed by atoms with Gasteiger partial charge in [0.1, 0.15) is 6.04 Å². The number of hydrogen-bond donors (Lipinski definition) is 1. The second-order valence-corrected chi connectivity index (χ2v) is 5.46. The van der Waals surface area contributed by atoms with Gasteiger partial charge < -0.3 is 9.84 Å². The molecule has 1 N–H and O–H groups in total. The summed E-state index contributed by atoms with van der Waals surface area (Å²) in [6, 6.07) is 6.91. The monoisotopic (exact) mass is 291 g/mol. The molecule has 1 atom stereocenters. The Kier molecular flexibility index (Phi) is 4.96. The first-order chi connectivity index (χ1) is 10.0. The van der Waals surface area contributed by atoms with Gasteiger partial charge in [0, 0.05) is 12.6 Å². The van der Waals surface area contributed by atoms with E-state index >= 15 is 0 Å². The van der Waals surface area contributed by atoms with Crippen molar-refractivity contribution in [2.75, 3.05) is 7.11 Å². The van der Waals surface area contributed by atoms with Gasteiger partial charge in [-0.1, -0.05) is 18.6 Å². The molecule has 2 rings (SSSR count). The molecule has 1 saturated carbocycles. The Morgan fingerprint density at radius 3 is 2.67 bits per heavy atom. The van der Waals surface area contributed by atoms with E-state index in [0.29, 0.717) is 12.6 Å². The summed E-state index contributed by atoms with van der Waals surface area (Å²) in [7, 11) is 1.39. The van der Waals surface area contributed by atoms with Gasteiger partial charge in [-0.05, 0) is 37.5 Å². The van der Waals surface area contributed by atoms with Gasteiger partial charge in [0.15, 0.2) is 0 Å². The molecule has 5 heteroatoms. The van der Waals surface area contributed by atoms with Crippen LogP contribution in [0.15, 0.2) is 24.3 Å². The molecular formula is C16H21NO4. The Morgan fingerprint density at radius 1 is 1.43 bits per heavy atom. The molecule has 0 bridgehead atoms. The Hall–Kier alpha value is -1.88. The van der Waals surface area contributed by atoms with E-state index in [1.54, 1.807) is 18.2 Å². The standard InChI is InChI=1S/C16H21NO4/c1-11(16(20)21-2)17(14-7-4-8-14)10-12-5-3-6-13(9-12)15(18)19/h3,5-6,9,11,14H,4,7-8,10H2,1-2H3,(H,18,19). The predicted octanol–water partition coefficient (Wildman–Crippen LogP) is 2.30. The number of methoxy groups -OCH3 is 1. The molecule has 1 fully saturated rings. The number of ether oxygens (including phenoxy) is 1. The van der Waals surface area contributed by atoms with Gasteiger partial charge in [-0.2, -0.15) is 0 Å². The van der Waals surface area contributed by atoms with Crippen LogP contribution in [0.25, 0.3) is 0 Å². The summed E-state index contributed by atoms with van der Waals surface area (Å²) in [5, 5.41) is 9.06. The van der Waals surface area contributed by atoms with Crippen LogP contribution in [0.3, 0.4) is 0 Å².